The van der Waals surface area contributed by atoms with E-state index in [2.05, 4.69) is 5.32 Å². The van der Waals surface area contributed by atoms with Crippen molar-refractivity contribution in [3.8, 4) is 0 Å². The number of aliphatic hydroxyl groups is 1. The molecular formula is C12H16ClNO2. The van der Waals surface area contributed by atoms with Gasteiger partial charge in [0, 0.05) is 23.7 Å². The minimum absolute atomic E-state index is 0.0587. The van der Waals surface area contributed by atoms with Crippen LogP contribution in [0.5, 0.6) is 0 Å². The van der Waals surface area contributed by atoms with Gasteiger partial charge in [-0.15, -0.1) is 0 Å². The van der Waals surface area contributed by atoms with Crippen LogP contribution in [0.3, 0.4) is 0 Å². The molecule has 0 radical (unpaired) electrons. The summed E-state index contributed by atoms with van der Waals surface area (Å²) in [6, 6.07) is 5.24. The van der Waals surface area contributed by atoms with Crippen LogP contribution in [-0.4, -0.2) is 24.2 Å². The molecule has 0 aromatic heterocycles. The molecule has 1 aromatic rings. The number of amides is 1. The normalized spacial score (nSPS) is 12.2. The van der Waals surface area contributed by atoms with E-state index in [1.807, 2.05) is 13.8 Å². The largest absolute Gasteiger partial charge is 0.396 e. The smallest absolute Gasteiger partial charge is 0.251 e. The molecule has 1 amide bonds. The van der Waals surface area contributed by atoms with E-state index in [1.54, 1.807) is 18.2 Å². The van der Waals surface area contributed by atoms with Crippen molar-refractivity contribution in [1.82, 2.24) is 5.32 Å². The van der Waals surface area contributed by atoms with Gasteiger partial charge < -0.3 is 10.4 Å². The quantitative estimate of drug-likeness (QED) is 0.847. The summed E-state index contributed by atoms with van der Waals surface area (Å²) < 4.78 is 0. The summed E-state index contributed by atoms with van der Waals surface area (Å²) in [5.41, 5.74) is 1.36. The molecule has 0 aliphatic carbocycles. The molecule has 0 saturated heterocycles. The number of hydrogen-bond acceptors (Lipinski definition) is 2. The standard InChI is InChI=1S/C12H16ClNO2/c1-8(7-15)6-14-12(16)10-4-3-5-11(13)9(10)2/h3-5,8,15H,6-7H2,1-2H3,(H,14,16). The Balaban J connectivity index is 2.70. The third-order valence-electron chi connectivity index (χ3n) is 2.44. The maximum absolute atomic E-state index is 11.8. The lowest BCUT2D eigenvalue weighted by Gasteiger charge is -2.11. The highest BCUT2D eigenvalue weighted by molar-refractivity contribution is 6.31. The van der Waals surface area contributed by atoms with Gasteiger partial charge in [0.25, 0.3) is 5.91 Å². The van der Waals surface area contributed by atoms with Crippen LogP contribution < -0.4 is 5.32 Å². The van der Waals surface area contributed by atoms with E-state index in [9.17, 15) is 4.79 Å². The molecule has 2 N–H and O–H groups in total. The number of aliphatic hydroxyl groups excluding tert-OH is 1. The van der Waals surface area contributed by atoms with Crippen LogP contribution in [0.2, 0.25) is 5.02 Å². The minimum Gasteiger partial charge on any atom is -0.396 e. The average Bonchev–Trinajstić information content (AvgIpc) is 2.29. The summed E-state index contributed by atoms with van der Waals surface area (Å²) >= 11 is 5.93. The molecule has 1 unspecified atom stereocenters. The van der Waals surface area contributed by atoms with Crippen LogP contribution >= 0.6 is 11.6 Å². The molecule has 0 fully saturated rings. The molecule has 0 aliphatic heterocycles. The first-order chi connectivity index (χ1) is 7.56. The van der Waals surface area contributed by atoms with Crippen LogP contribution in [0.4, 0.5) is 0 Å². The number of rotatable bonds is 4. The van der Waals surface area contributed by atoms with Crippen LogP contribution in [0.1, 0.15) is 22.8 Å². The second-order valence-corrected chi connectivity index (χ2v) is 4.32. The lowest BCUT2D eigenvalue weighted by molar-refractivity contribution is 0.0941. The molecule has 4 heteroatoms. The number of halogens is 1. The average molecular weight is 242 g/mol. The summed E-state index contributed by atoms with van der Waals surface area (Å²) in [7, 11) is 0. The molecule has 1 aromatic carbocycles. The Hall–Kier alpha value is -1.06. The van der Waals surface area contributed by atoms with Gasteiger partial charge in [-0.1, -0.05) is 24.6 Å². The molecule has 0 saturated carbocycles. The Morgan fingerprint density at radius 3 is 2.88 bits per heavy atom. The Bertz CT molecular complexity index is 379. The third-order valence-corrected chi connectivity index (χ3v) is 2.84. The predicted octanol–water partition coefficient (Wildman–Crippen LogP) is 2.01. The Kier molecular flexibility index (Phi) is 4.77. The first-order valence-corrected chi connectivity index (χ1v) is 5.58. The van der Waals surface area contributed by atoms with Gasteiger partial charge in [-0.25, -0.2) is 0 Å². The monoisotopic (exact) mass is 241 g/mol. The van der Waals surface area contributed by atoms with Crippen molar-refractivity contribution in [3.63, 3.8) is 0 Å². The summed E-state index contributed by atoms with van der Waals surface area (Å²) in [5.74, 6) is -0.0938. The van der Waals surface area contributed by atoms with Crippen molar-refractivity contribution in [2.75, 3.05) is 13.2 Å². The highest BCUT2D eigenvalue weighted by atomic mass is 35.5. The number of hydrogen-bond donors (Lipinski definition) is 2. The Labute approximate surface area is 100 Å². The second kappa shape index (κ2) is 5.87. The zero-order chi connectivity index (χ0) is 12.1. The van der Waals surface area contributed by atoms with Crippen molar-refractivity contribution in [1.29, 1.82) is 0 Å². The van der Waals surface area contributed by atoms with Gasteiger partial charge in [-0.05, 0) is 30.5 Å². The molecule has 1 rings (SSSR count). The van der Waals surface area contributed by atoms with E-state index in [0.29, 0.717) is 17.1 Å². The van der Waals surface area contributed by atoms with Crippen molar-refractivity contribution in [3.05, 3.63) is 34.3 Å². The number of benzene rings is 1. The van der Waals surface area contributed by atoms with E-state index in [1.165, 1.54) is 0 Å². The van der Waals surface area contributed by atoms with Crippen LogP contribution in [-0.2, 0) is 0 Å². The molecule has 0 aliphatic rings. The van der Waals surface area contributed by atoms with Crippen molar-refractivity contribution < 1.29 is 9.90 Å². The topological polar surface area (TPSA) is 49.3 Å². The summed E-state index contributed by atoms with van der Waals surface area (Å²) in [6.07, 6.45) is 0. The van der Waals surface area contributed by atoms with Crippen LogP contribution in [0, 0.1) is 12.8 Å². The zero-order valence-electron chi connectivity index (χ0n) is 9.46. The molecule has 88 valence electrons. The SMILES string of the molecule is Cc1c(Cl)cccc1C(=O)NCC(C)CO. The fourth-order valence-electron chi connectivity index (χ4n) is 1.28. The molecule has 1 atom stereocenters. The second-order valence-electron chi connectivity index (χ2n) is 3.91. The van der Waals surface area contributed by atoms with Gasteiger partial charge >= 0.3 is 0 Å². The van der Waals surface area contributed by atoms with E-state index < -0.39 is 0 Å². The van der Waals surface area contributed by atoms with Gasteiger partial charge in [0.05, 0.1) is 0 Å². The fourth-order valence-corrected chi connectivity index (χ4v) is 1.45. The highest BCUT2D eigenvalue weighted by Gasteiger charge is 2.11. The van der Waals surface area contributed by atoms with Gasteiger partial charge in [0.2, 0.25) is 0 Å². The minimum atomic E-state index is -0.152. The summed E-state index contributed by atoms with van der Waals surface area (Å²) in [6.45, 7) is 4.20. The molecular weight excluding hydrogens is 226 g/mol. The predicted molar refractivity (Wildman–Crippen MR) is 64.8 cm³/mol. The Morgan fingerprint density at radius 2 is 2.25 bits per heavy atom. The van der Waals surface area contributed by atoms with Gasteiger partial charge in [0.1, 0.15) is 0 Å². The van der Waals surface area contributed by atoms with E-state index >= 15 is 0 Å². The van der Waals surface area contributed by atoms with Crippen molar-refractivity contribution in [2.24, 2.45) is 5.92 Å². The Morgan fingerprint density at radius 1 is 1.56 bits per heavy atom. The zero-order valence-corrected chi connectivity index (χ0v) is 10.2. The van der Waals surface area contributed by atoms with E-state index in [0.717, 1.165) is 5.56 Å². The molecule has 16 heavy (non-hydrogen) atoms. The van der Waals surface area contributed by atoms with E-state index in [4.69, 9.17) is 16.7 Å². The molecule has 0 heterocycles. The van der Waals surface area contributed by atoms with Gasteiger partial charge in [0.15, 0.2) is 0 Å². The molecule has 0 spiro atoms. The fraction of sp³-hybridized carbons (Fsp3) is 0.417. The first-order valence-electron chi connectivity index (χ1n) is 5.20. The third kappa shape index (κ3) is 3.22. The van der Waals surface area contributed by atoms with Gasteiger partial charge in [-0.3, -0.25) is 4.79 Å². The molecule has 0 bridgehead atoms. The number of carbonyl (C=O) groups is 1. The van der Waals surface area contributed by atoms with Crippen molar-refractivity contribution >= 4 is 17.5 Å². The maximum atomic E-state index is 11.8. The lowest BCUT2D eigenvalue weighted by Crippen LogP contribution is -2.30. The summed E-state index contributed by atoms with van der Waals surface area (Å²) in [5, 5.41) is 12.2. The first kappa shape index (κ1) is 13.0. The van der Waals surface area contributed by atoms with Gasteiger partial charge in [-0.2, -0.15) is 0 Å². The van der Waals surface area contributed by atoms with Crippen LogP contribution in [0.25, 0.3) is 0 Å². The van der Waals surface area contributed by atoms with Crippen LogP contribution in [0.15, 0.2) is 18.2 Å². The van der Waals surface area contributed by atoms with E-state index in [-0.39, 0.29) is 18.4 Å². The number of carbonyl (C=O) groups excluding carboxylic acids is 1. The lowest BCUT2D eigenvalue weighted by atomic mass is 10.1. The molecule has 3 nitrogen and oxygen atoms in total. The highest BCUT2D eigenvalue weighted by Crippen LogP contribution is 2.18. The number of nitrogens with one attached hydrogen (secondary N) is 1. The van der Waals surface area contributed by atoms with Crippen molar-refractivity contribution in [2.45, 2.75) is 13.8 Å². The maximum Gasteiger partial charge on any atom is 0.251 e. The summed E-state index contributed by atoms with van der Waals surface area (Å²) in [4.78, 5) is 11.8.